The number of aromatic amines is 1. The molecule has 0 aliphatic rings. The minimum Gasteiger partial charge on any atom is -0.351 e. The van der Waals surface area contributed by atoms with Crippen LogP contribution in [0.2, 0.25) is 0 Å². The van der Waals surface area contributed by atoms with Gasteiger partial charge >= 0.3 is 6.18 Å². The molecule has 3 aromatic heterocycles. The Morgan fingerprint density at radius 2 is 1.86 bits per heavy atom. The van der Waals surface area contributed by atoms with Crippen LogP contribution in [0, 0.1) is 0 Å². The fourth-order valence-electron chi connectivity index (χ4n) is 3.02. The molecule has 0 unspecified atom stereocenters. The number of halogens is 3. The first-order chi connectivity index (χ1) is 13.4. The van der Waals surface area contributed by atoms with Crippen molar-refractivity contribution in [2.24, 2.45) is 0 Å². The number of nitrogens with one attached hydrogen (secondary N) is 2. The molecular formula is C19H14F3N5O. The first-order valence-electron chi connectivity index (χ1n) is 8.34. The second-order valence-corrected chi connectivity index (χ2v) is 6.02. The van der Waals surface area contributed by atoms with Gasteiger partial charge < -0.3 is 10.3 Å². The standard InChI is InChI=1S/C19H14F3N5O/c20-19(21,22)14-6-2-1-4-12(14)10-26-18-24-9-7-16(28)27(18)15-11-25-17-13(15)5-3-8-23-17/h1-9,11H,10H2,(H,23,25)(H,24,26). The van der Waals surface area contributed by atoms with E-state index < -0.39 is 11.7 Å². The molecule has 4 rings (SSSR count). The molecule has 0 bridgehead atoms. The molecule has 0 radical (unpaired) electrons. The van der Waals surface area contributed by atoms with Gasteiger partial charge in [-0.1, -0.05) is 18.2 Å². The van der Waals surface area contributed by atoms with E-state index >= 15 is 0 Å². The number of pyridine rings is 1. The number of alkyl halides is 3. The minimum absolute atomic E-state index is 0.0558. The summed E-state index contributed by atoms with van der Waals surface area (Å²) in [6, 6.07) is 10.1. The van der Waals surface area contributed by atoms with Gasteiger partial charge in [0.2, 0.25) is 5.95 Å². The third kappa shape index (κ3) is 3.22. The highest BCUT2D eigenvalue weighted by atomic mass is 19.4. The van der Waals surface area contributed by atoms with Crippen LogP contribution in [0.25, 0.3) is 16.7 Å². The number of hydrogen-bond acceptors (Lipinski definition) is 4. The first-order valence-corrected chi connectivity index (χ1v) is 8.34. The molecule has 0 aliphatic heterocycles. The molecule has 0 aliphatic carbocycles. The van der Waals surface area contributed by atoms with Crippen LogP contribution in [0.1, 0.15) is 11.1 Å². The van der Waals surface area contributed by atoms with Crippen molar-refractivity contribution in [3.05, 3.63) is 82.5 Å². The van der Waals surface area contributed by atoms with Gasteiger partial charge in [-0.3, -0.25) is 4.79 Å². The monoisotopic (exact) mass is 385 g/mol. The van der Waals surface area contributed by atoms with Crippen LogP contribution in [0.5, 0.6) is 0 Å². The van der Waals surface area contributed by atoms with Crippen molar-refractivity contribution in [2.75, 3.05) is 5.32 Å². The molecule has 0 fully saturated rings. The van der Waals surface area contributed by atoms with Crippen LogP contribution in [0.15, 0.2) is 65.8 Å². The number of nitrogens with zero attached hydrogens (tertiary/aromatic N) is 3. The molecule has 0 saturated carbocycles. The van der Waals surface area contributed by atoms with E-state index in [2.05, 4.69) is 20.3 Å². The molecule has 3 heterocycles. The number of fused-ring (bicyclic) bond motifs is 1. The number of benzene rings is 1. The highest BCUT2D eigenvalue weighted by molar-refractivity contribution is 5.85. The highest BCUT2D eigenvalue weighted by Crippen LogP contribution is 2.32. The molecule has 0 spiro atoms. The third-order valence-corrected chi connectivity index (χ3v) is 4.28. The lowest BCUT2D eigenvalue weighted by molar-refractivity contribution is -0.138. The maximum Gasteiger partial charge on any atom is 0.416 e. The van der Waals surface area contributed by atoms with Crippen LogP contribution >= 0.6 is 0 Å². The topological polar surface area (TPSA) is 75.6 Å². The Labute approximate surface area is 156 Å². The van der Waals surface area contributed by atoms with E-state index in [1.54, 1.807) is 24.5 Å². The minimum atomic E-state index is -4.47. The lowest BCUT2D eigenvalue weighted by atomic mass is 10.1. The Hall–Kier alpha value is -3.62. The summed E-state index contributed by atoms with van der Waals surface area (Å²) < 4.78 is 40.9. The second kappa shape index (κ2) is 6.84. The Morgan fingerprint density at radius 3 is 2.68 bits per heavy atom. The van der Waals surface area contributed by atoms with E-state index in [-0.39, 0.29) is 23.6 Å². The molecular weight excluding hydrogens is 371 g/mol. The van der Waals surface area contributed by atoms with E-state index in [0.717, 1.165) is 6.07 Å². The molecule has 1 aromatic carbocycles. The fraction of sp³-hybridized carbons (Fsp3) is 0.105. The van der Waals surface area contributed by atoms with Crippen LogP contribution in [-0.4, -0.2) is 19.5 Å². The van der Waals surface area contributed by atoms with Crippen molar-refractivity contribution >= 4 is 17.0 Å². The molecule has 6 nitrogen and oxygen atoms in total. The van der Waals surface area contributed by atoms with Gasteiger partial charge in [0.05, 0.1) is 11.3 Å². The number of hydrogen-bond donors (Lipinski definition) is 2. The van der Waals surface area contributed by atoms with Crippen molar-refractivity contribution in [3.63, 3.8) is 0 Å². The predicted molar refractivity (Wildman–Crippen MR) is 98.3 cm³/mol. The third-order valence-electron chi connectivity index (χ3n) is 4.28. The van der Waals surface area contributed by atoms with Crippen LogP contribution in [0.3, 0.4) is 0 Å². The van der Waals surface area contributed by atoms with Gasteiger partial charge in [-0.25, -0.2) is 14.5 Å². The largest absolute Gasteiger partial charge is 0.416 e. The van der Waals surface area contributed by atoms with Gasteiger partial charge in [-0.15, -0.1) is 0 Å². The van der Waals surface area contributed by atoms with Crippen molar-refractivity contribution in [3.8, 4) is 5.69 Å². The molecule has 2 N–H and O–H groups in total. The van der Waals surface area contributed by atoms with Gasteiger partial charge in [0.25, 0.3) is 5.56 Å². The summed E-state index contributed by atoms with van der Waals surface area (Å²) in [6.45, 7) is -0.146. The maximum atomic E-state index is 13.2. The normalized spacial score (nSPS) is 11.7. The van der Waals surface area contributed by atoms with E-state index in [4.69, 9.17) is 0 Å². The Morgan fingerprint density at radius 1 is 1.04 bits per heavy atom. The molecule has 0 amide bonds. The summed E-state index contributed by atoms with van der Waals surface area (Å²) >= 11 is 0. The van der Waals surface area contributed by atoms with Crippen LogP contribution < -0.4 is 10.9 Å². The summed E-state index contributed by atoms with van der Waals surface area (Å²) in [4.78, 5) is 23.8. The van der Waals surface area contributed by atoms with Gasteiger partial charge in [-0.2, -0.15) is 13.2 Å². The smallest absolute Gasteiger partial charge is 0.351 e. The molecule has 142 valence electrons. The maximum absolute atomic E-state index is 13.2. The average molecular weight is 385 g/mol. The number of anilines is 1. The summed E-state index contributed by atoms with van der Waals surface area (Å²) in [7, 11) is 0. The van der Waals surface area contributed by atoms with Gasteiger partial charge in [0.1, 0.15) is 5.65 Å². The fourth-order valence-corrected chi connectivity index (χ4v) is 3.02. The summed E-state index contributed by atoms with van der Waals surface area (Å²) in [5.74, 6) is 0.134. The van der Waals surface area contributed by atoms with Gasteiger partial charge in [0, 0.05) is 36.6 Å². The zero-order valence-corrected chi connectivity index (χ0v) is 14.4. The quantitative estimate of drug-likeness (QED) is 0.561. The van der Waals surface area contributed by atoms with Crippen molar-refractivity contribution in [1.29, 1.82) is 0 Å². The number of H-pyrrole nitrogens is 1. The van der Waals surface area contributed by atoms with Gasteiger partial charge in [0.15, 0.2) is 0 Å². The first kappa shape index (κ1) is 17.8. The SMILES string of the molecule is O=c1ccnc(NCc2ccccc2C(F)(F)F)n1-c1c[nH]c2ncccc12. The zero-order chi connectivity index (χ0) is 19.7. The Bertz CT molecular complexity index is 1200. The van der Waals surface area contributed by atoms with Crippen LogP contribution in [-0.2, 0) is 12.7 Å². The van der Waals surface area contributed by atoms with Crippen LogP contribution in [0.4, 0.5) is 19.1 Å². The lowest BCUT2D eigenvalue weighted by Crippen LogP contribution is -2.22. The van der Waals surface area contributed by atoms with Crippen molar-refractivity contribution in [2.45, 2.75) is 12.7 Å². The molecule has 9 heteroatoms. The molecule has 0 saturated heterocycles. The summed E-state index contributed by atoms with van der Waals surface area (Å²) in [6.07, 6.45) is 0.0614. The van der Waals surface area contributed by atoms with E-state index in [9.17, 15) is 18.0 Å². The van der Waals surface area contributed by atoms with Crippen molar-refractivity contribution < 1.29 is 13.2 Å². The molecule has 28 heavy (non-hydrogen) atoms. The number of rotatable bonds is 4. The van der Waals surface area contributed by atoms with E-state index in [1.807, 2.05) is 0 Å². The predicted octanol–water partition coefficient (Wildman–Crippen LogP) is 3.74. The highest BCUT2D eigenvalue weighted by Gasteiger charge is 2.32. The zero-order valence-electron chi connectivity index (χ0n) is 14.4. The Kier molecular flexibility index (Phi) is 4.34. The second-order valence-electron chi connectivity index (χ2n) is 6.02. The summed E-state index contributed by atoms with van der Waals surface area (Å²) in [5, 5.41) is 3.54. The van der Waals surface area contributed by atoms with E-state index in [1.165, 1.54) is 35.0 Å². The number of aromatic nitrogens is 4. The van der Waals surface area contributed by atoms with Gasteiger partial charge in [-0.05, 0) is 23.8 Å². The average Bonchev–Trinajstić information content (AvgIpc) is 3.10. The summed E-state index contributed by atoms with van der Waals surface area (Å²) in [5.41, 5.74) is 0.0460. The lowest BCUT2D eigenvalue weighted by Gasteiger charge is -2.15. The Balaban J connectivity index is 1.74. The van der Waals surface area contributed by atoms with Crippen molar-refractivity contribution in [1.82, 2.24) is 19.5 Å². The molecule has 4 aromatic rings. The van der Waals surface area contributed by atoms with E-state index in [0.29, 0.717) is 16.7 Å². The molecule has 0 atom stereocenters.